The molecular weight excluding hydrogens is 346 g/mol. The molecule has 2 heterocycles. The van der Waals surface area contributed by atoms with Gasteiger partial charge in [0.15, 0.2) is 5.96 Å². The van der Waals surface area contributed by atoms with Gasteiger partial charge in [0, 0.05) is 51.0 Å². The van der Waals surface area contributed by atoms with E-state index in [2.05, 4.69) is 50.2 Å². The molecular formula is C20H26ClN5. The number of halogens is 1. The van der Waals surface area contributed by atoms with Crippen LogP contribution in [0.5, 0.6) is 0 Å². The zero-order valence-electron chi connectivity index (χ0n) is 15.5. The first kappa shape index (κ1) is 18.7. The van der Waals surface area contributed by atoms with Crippen molar-refractivity contribution < 1.29 is 0 Å². The number of aliphatic imine (C=N–C) groups is 1. The molecule has 1 aliphatic heterocycles. The van der Waals surface area contributed by atoms with Crippen LogP contribution in [0.4, 0.5) is 0 Å². The third-order valence-corrected chi connectivity index (χ3v) is 4.99. The van der Waals surface area contributed by atoms with Crippen LogP contribution >= 0.6 is 11.6 Å². The number of hydrogen-bond donors (Lipinski definition) is 1. The molecule has 6 heteroatoms. The maximum absolute atomic E-state index is 5.96. The number of aromatic nitrogens is 1. The largest absolute Gasteiger partial charge is 0.351 e. The van der Waals surface area contributed by atoms with Crippen LogP contribution in [0, 0.1) is 6.92 Å². The fourth-order valence-corrected chi connectivity index (χ4v) is 3.29. The van der Waals surface area contributed by atoms with Gasteiger partial charge in [-0.1, -0.05) is 29.8 Å². The second-order valence-electron chi connectivity index (χ2n) is 6.56. The Labute approximate surface area is 160 Å². The van der Waals surface area contributed by atoms with E-state index in [0.29, 0.717) is 6.54 Å². The Kier molecular flexibility index (Phi) is 6.47. The second-order valence-corrected chi connectivity index (χ2v) is 6.99. The molecule has 1 fully saturated rings. The molecule has 0 unspecified atom stereocenters. The summed E-state index contributed by atoms with van der Waals surface area (Å²) in [6.45, 7) is 7.72. The molecule has 0 radical (unpaired) electrons. The van der Waals surface area contributed by atoms with Gasteiger partial charge >= 0.3 is 0 Å². The third kappa shape index (κ3) is 4.96. The molecule has 0 aliphatic carbocycles. The monoisotopic (exact) mass is 371 g/mol. The van der Waals surface area contributed by atoms with E-state index in [1.165, 1.54) is 11.1 Å². The van der Waals surface area contributed by atoms with Crippen LogP contribution in [-0.2, 0) is 13.1 Å². The van der Waals surface area contributed by atoms with Gasteiger partial charge in [-0.05, 0) is 36.2 Å². The zero-order chi connectivity index (χ0) is 18.4. The normalized spacial score (nSPS) is 16.0. The van der Waals surface area contributed by atoms with Crippen LogP contribution in [-0.4, -0.2) is 54.0 Å². The lowest BCUT2D eigenvalue weighted by atomic mass is 10.2. The zero-order valence-corrected chi connectivity index (χ0v) is 16.2. The molecule has 1 aliphatic rings. The predicted octanol–water partition coefficient (Wildman–Crippen LogP) is 2.94. The van der Waals surface area contributed by atoms with Crippen LogP contribution < -0.4 is 5.32 Å². The fourth-order valence-electron chi connectivity index (χ4n) is 3.16. The van der Waals surface area contributed by atoms with Gasteiger partial charge < -0.3 is 10.2 Å². The molecule has 138 valence electrons. The molecule has 0 amide bonds. The molecule has 5 nitrogen and oxygen atoms in total. The Morgan fingerprint density at radius 1 is 1.15 bits per heavy atom. The van der Waals surface area contributed by atoms with E-state index in [-0.39, 0.29) is 0 Å². The SMILES string of the molecule is CN=C(NCc1ncccc1C)N1CCN(Cc2ccc(Cl)cc2)CC1. The Morgan fingerprint density at radius 3 is 2.54 bits per heavy atom. The predicted molar refractivity (Wildman–Crippen MR) is 107 cm³/mol. The molecule has 0 bridgehead atoms. The van der Waals surface area contributed by atoms with Crippen molar-refractivity contribution in [3.8, 4) is 0 Å². The highest BCUT2D eigenvalue weighted by atomic mass is 35.5. The summed E-state index contributed by atoms with van der Waals surface area (Å²) in [6, 6.07) is 12.2. The topological polar surface area (TPSA) is 43.8 Å². The maximum atomic E-state index is 5.96. The van der Waals surface area contributed by atoms with E-state index in [1.54, 1.807) is 0 Å². The highest BCUT2D eigenvalue weighted by Gasteiger charge is 2.19. The van der Waals surface area contributed by atoms with Gasteiger partial charge in [-0.15, -0.1) is 0 Å². The highest BCUT2D eigenvalue weighted by molar-refractivity contribution is 6.30. The summed E-state index contributed by atoms with van der Waals surface area (Å²) in [5.74, 6) is 0.946. The Balaban J connectivity index is 1.49. The van der Waals surface area contributed by atoms with Crippen molar-refractivity contribution in [3.63, 3.8) is 0 Å². The lowest BCUT2D eigenvalue weighted by molar-refractivity contribution is 0.172. The molecule has 26 heavy (non-hydrogen) atoms. The van der Waals surface area contributed by atoms with Gasteiger partial charge in [0.25, 0.3) is 0 Å². The summed E-state index contributed by atoms with van der Waals surface area (Å²) in [4.78, 5) is 13.7. The van der Waals surface area contributed by atoms with E-state index in [1.807, 2.05) is 31.4 Å². The average Bonchev–Trinajstić information content (AvgIpc) is 2.67. The molecule has 1 saturated heterocycles. The number of rotatable bonds is 4. The average molecular weight is 372 g/mol. The summed E-state index contributed by atoms with van der Waals surface area (Å²) in [5.41, 5.74) is 3.56. The summed E-state index contributed by atoms with van der Waals surface area (Å²) in [5, 5.41) is 4.24. The van der Waals surface area contributed by atoms with Crippen molar-refractivity contribution in [2.24, 2.45) is 4.99 Å². The van der Waals surface area contributed by atoms with Crippen molar-refractivity contribution in [3.05, 3.63) is 64.4 Å². The van der Waals surface area contributed by atoms with Crippen molar-refractivity contribution in [1.82, 2.24) is 20.1 Å². The van der Waals surface area contributed by atoms with Gasteiger partial charge in [-0.3, -0.25) is 14.9 Å². The van der Waals surface area contributed by atoms with Crippen LogP contribution in [0.3, 0.4) is 0 Å². The number of nitrogens with zero attached hydrogens (tertiary/aromatic N) is 4. The Hall–Kier alpha value is -2.11. The van der Waals surface area contributed by atoms with E-state index < -0.39 is 0 Å². The summed E-state index contributed by atoms with van der Waals surface area (Å²) < 4.78 is 0. The molecule has 0 atom stereocenters. The standard InChI is InChI=1S/C20H26ClN5/c1-16-4-3-9-23-19(16)14-24-20(22-2)26-12-10-25(11-13-26)15-17-5-7-18(21)8-6-17/h3-9H,10-15H2,1-2H3,(H,22,24). The number of guanidine groups is 1. The Bertz CT molecular complexity index is 736. The number of pyridine rings is 1. The fraction of sp³-hybridized carbons (Fsp3) is 0.400. The highest BCUT2D eigenvalue weighted by Crippen LogP contribution is 2.13. The molecule has 1 N–H and O–H groups in total. The number of hydrogen-bond acceptors (Lipinski definition) is 3. The second kappa shape index (κ2) is 9.01. The van der Waals surface area contributed by atoms with Crippen LogP contribution in [0.1, 0.15) is 16.8 Å². The van der Waals surface area contributed by atoms with Crippen LogP contribution in [0.25, 0.3) is 0 Å². The van der Waals surface area contributed by atoms with Crippen LogP contribution in [0.15, 0.2) is 47.6 Å². The summed E-state index contributed by atoms with van der Waals surface area (Å²) in [7, 11) is 1.84. The Morgan fingerprint density at radius 2 is 1.88 bits per heavy atom. The first-order valence-electron chi connectivity index (χ1n) is 8.98. The molecule has 1 aromatic carbocycles. The van der Waals surface area contributed by atoms with Gasteiger partial charge in [0.2, 0.25) is 0 Å². The molecule has 0 spiro atoms. The number of aryl methyl sites for hydroxylation is 1. The van der Waals surface area contributed by atoms with Gasteiger partial charge in [-0.2, -0.15) is 0 Å². The maximum Gasteiger partial charge on any atom is 0.194 e. The molecule has 1 aromatic heterocycles. The number of piperazine rings is 1. The minimum Gasteiger partial charge on any atom is -0.351 e. The first-order valence-corrected chi connectivity index (χ1v) is 9.36. The van der Waals surface area contributed by atoms with E-state index in [0.717, 1.165) is 49.4 Å². The van der Waals surface area contributed by atoms with Crippen molar-refractivity contribution in [2.75, 3.05) is 33.2 Å². The van der Waals surface area contributed by atoms with E-state index >= 15 is 0 Å². The molecule has 2 aromatic rings. The molecule has 3 rings (SSSR count). The lowest BCUT2D eigenvalue weighted by Crippen LogP contribution is -2.52. The third-order valence-electron chi connectivity index (χ3n) is 4.73. The van der Waals surface area contributed by atoms with Gasteiger partial charge in [0.1, 0.15) is 0 Å². The minimum atomic E-state index is 0.699. The van der Waals surface area contributed by atoms with Gasteiger partial charge in [0.05, 0.1) is 12.2 Å². The smallest absolute Gasteiger partial charge is 0.194 e. The first-order chi connectivity index (χ1) is 12.7. The van der Waals surface area contributed by atoms with Crippen molar-refractivity contribution >= 4 is 17.6 Å². The minimum absolute atomic E-state index is 0.699. The molecule has 0 saturated carbocycles. The van der Waals surface area contributed by atoms with Gasteiger partial charge in [-0.25, -0.2) is 0 Å². The summed E-state index contributed by atoms with van der Waals surface area (Å²) >= 11 is 5.96. The van der Waals surface area contributed by atoms with Crippen molar-refractivity contribution in [2.45, 2.75) is 20.0 Å². The quantitative estimate of drug-likeness (QED) is 0.663. The van der Waals surface area contributed by atoms with E-state index in [9.17, 15) is 0 Å². The summed E-state index contributed by atoms with van der Waals surface area (Å²) in [6.07, 6.45) is 1.84. The lowest BCUT2D eigenvalue weighted by Gasteiger charge is -2.36. The number of nitrogens with one attached hydrogen (secondary N) is 1. The van der Waals surface area contributed by atoms with Crippen molar-refractivity contribution in [1.29, 1.82) is 0 Å². The van der Waals surface area contributed by atoms with E-state index in [4.69, 9.17) is 11.6 Å². The number of benzene rings is 1. The van der Waals surface area contributed by atoms with Crippen LogP contribution in [0.2, 0.25) is 5.02 Å².